The van der Waals surface area contributed by atoms with Crippen molar-refractivity contribution in [3.8, 4) is 0 Å². The zero-order valence-corrected chi connectivity index (χ0v) is 27.3. The molecular formula is C37H54O2Si. The van der Waals surface area contributed by atoms with Crippen molar-refractivity contribution in [2.75, 3.05) is 19.8 Å². The van der Waals surface area contributed by atoms with Gasteiger partial charge in [-0.05, 0) is 84.3 Å². The van der Waals surface area contributed by atoms with Gasteiger partial charge in [-0.25, -0.2) is 0 Å². The fourth-order valence-electron chi connectivity index (χ4n) is 5.08. The van der Waals surface area contributed by atoms with Gasteiger partial charge >= 0.3 is 0 Å². The maximum atomic E-state index is 6.23. The molecule has 0 bridgehead atoms. The van der Waals surface area contributed by atoms with E-state index in [0.29, 0.717) is 25.0 Å². The molecule has 0 saturated carbocycles. The molecule has 2 aromatic carbocycles. The van der Waals surface area contributed by atoms with E-state index in [9.17, 15) is 0 Å². The van der Waals surface area contributed by atoms with Crippen LogP contribution in [0.15, 0.2) is 90.0 Å². The number of hydrogen-bond donors (Lipinski definition) is 0. The van der Waals surface area contributed by atoms with Gasteiger partial charge in [0.1, 0.15) is 0 Å². The lowest BCUT2D eigenvalue weighted by atomic mass is 9.80. The van der Waals surface area contributed by atoms with Gasteiger partial charge in [-0.1, -0.05) is 126 Å². The van der Waals surface area contributed by atoms with Crippen molar-refractivity contribution in [2.45, 2.75) is 97.2 Å². The number of rotatable bonds is 15. The molecule has 3 rings (SSSR count). The molecule has 0 radical (unpaired) electrons. The number of allylic oxidation sites excluding steroid dienone is 6. The highest BCUT2D eigenvalue weighted by Gasteiger charge is 2.36. The Morgan fingerprint density at radius 2 is 1.57 bits per heavy atom. The predicted octanol–water partition coefficient (Wildman–Crippen LogP) is 10.8. The van der Waals surface area contributed by atoms with Gasteiger partial charge in [-0.2, -0.15) is 0 Å². The lowest BCUT2D eigenvalue weighted by Gasteiger charge is -2.36. The molecule has 0 spiro atoms. The third-order valence-corrected chi connectivity index (χ3v) is 13.5. The quantitative estimate of drug-likeness (QED) is 0.160. The van der Waals surface area contributed by atoms with Crippen molar-refractivity contribution in [1.82, 2.24) is 0 Å². The first-order valence-corrected chi connectivity index (χ1v) is 18.4. The first kappa shape index (κ1) is 32.3. The molecule has 0 saturated heterocycles. The zero-order valence-electron chi connectivity index (χ0n) is 26.3. The van der Waals surface area contributed by atoms with E-state index in [0.717, 1.165) is 32.3 Å². The fourth-order valence-corrected chi connectivity index (χ4v) is 6.11. The van der Waals surface area contributed by atoms with Crippen LogP contribution in [0.2, 0.25) is 18.1 Å². The third kappa shape index (κ3) is 10.0. The Morgan fingerprint density at radius 3 is 2.17 bits per heavy atom. The van der Waals surface area contributed by atoms with Gasteiger partial charge in [0.05, 0.1) is 13.2 Å². The second-order valence-electron chi connectivity index (χ2n) is 13.1. The standard InChI is InChI=1S/C37H54O2Si/c1-8-30(2)28-35(32-17-11-9-12-18-32)29-36(33-19-13-10-14-20-33)34-23-21-31(22-24-34)16-15-25-38-26-27-39-40(6,7)37(3,4)5/h9-14,17-23,30,35H,8,15-16,24-29H2,1-7H3. The third-order valence-electron chi connectivity index (χ3n) is 8.95. The van der Waals surface area contributed by atoms with Gasteiger partial charge in [0.25, 0.3) is 0 Å². The predicted molar refractivity (Wildman–Crippen MR) is 176 cm³/mol. The summed E-state index contributed by atoms with van der Waals surface area (Å²) in [6.45, 7) is 18.3. The Morgan fingerprint density at radius 1 is 0.900 bits per heavy atom. The molecule has 0 N–H and O–H groups in total. The molecule has 1 aliphatic rings. The summed E-state index contributed by atoms with van der Waals surface area (Å²) in [5.74, 6) is 1.23. The van der Waals surface area contributed by atoms with Crippen LogP contribution in [0.25, 0.3) is 5.57 Å². The van der Waals surface area contributed by atoms with Crippen LogP contribution in [0.4, 0.5) is 0 Å². The molecule has 2 unspecified atom stereocenters. The van der Waals surface area contributed by atoms with E-state index >= 15 is 0 Å². The van der Waals surface area contributed by atoms with E-state index in [1.807, 2.05) is 0 Å². The Kier molecular flexibility index (Phi) is 12.7. The lowest BCUT2D eigenvalue weighted by Crippen LogP contribution is -2.41. The van der Waals surface area contributed by atoms with E-state index in [1.54, 1.807) is 0 Å². The van der Waals surface area contributed by atoms with Crippen molar-refractivity contribution in [1.29, 1.82) is 0 Å². The average Bonchev–Trinajstić information content (AvgIpc) is 2.95. The van der Waals surface area contributed by atoms with Gasteiger partial charge in [0.2, 0.25) is 0 Å². The molecule has 0 amide bonds. The molecule has 0 fully saturated rings. The zero-order chi connectivity index (χ0) is 29.0. The minimum atomic E-state index is -1.68. The highest BCUT2D eigenvalue weighted by molar-refractivity contribution is 6.74. The van der Waals surface area contributed by atoms with Crippen molar-refractivity contribution in [2.24, 2.45) is 5.92 Å². The number of benzene rings is 2. The van der Waals surface area contributed by atoms with Crippen LogP contribution in [0.1, 0.15) is 90.2 Å². The summed E-state index contributed by atoms with van der Waals surface area (Å²) in [5, 5.41) is 0.247. The van der Waals surface area contributed by atoms with Crippen molar-refractivity contribution < 1.29 is 9.16 Å². The number of hydrogen-bond acceptors (Lipinski definition) is 2. The van der Waals surface area contributed by atoms with E-state index < -0.39 is 8.32 Å². The van der Waals surface area contributed by atoms with Crippen LogP contribution < -0.4 is 0 Å². The van der Waals surface area contributed by atoms with E-state index in [-0.39, 0.29) is 5.04 Å². The molecular weight excluding hydrogens is 504 g/mol. The van der Waals surface area contributed by atoms with Gasteiger partial charge < -0.3 is 9.16 Å². The molecule has 3 heteroatoms. The monoisotopic (exact) mass is 558 g/mol. The Balaban J connectivity index is 1.60. The maximum Gasteiger partial charge on any atom is 0.192 e. The molecule has 1 aliphatic carbocycles. The summed E-state index contributed by atoms with van der Waals surface area (Å²) in [5.41, 5.74) is 7.20. The Bertz CT molecular complexity index is 1110. The first-order chi connectivity index (χ1) is 19.1. The van der Waals surface area contributed by atoms with Crippen LogP contribution in [0.5, 0.6) is 0 Å². The minimum absolute atomic E-state index is 0.247. The average molecular weight is 559 g/mol. The normalized spacial score (nSPS) is 16.9. The van der Waals surface area contributed by atoms with Gasteiger partial charge in [-0.3, -0.25) is 0 Å². The fraction of sp³-hybridized carbons (Fsp3) is 0.514. The van der Waals surface area contributed by atoms with Crippen molar-refractivity contribution >= 4 is 13.9 Å². The largest absolute Gasteiger partial charge is 0.414 e. The topological polar surface area (TPSA) is 18.5 Å². The van der Waals surface area contributed by atoms with Crippen LogP contribution in [0.3, 0.4) is 0 Å². The van der Waals surface area contributed by atoms with Gasteiger partial charge in [0.15, 0.2) is 8.32 Å². The SMILES string of the molecule is CCC(C)CC(CC(=C1C=CC(CCCOCCO[Si](C)(C)C(C)(C)C)=CC1)c1ccccc1)c1ccccc1. The van der Waals surface area contributed by atoms with E-state index in [1.165, 1.54) is 40.7 Å². The van der Waals surface area contributed by atoms with E-state index in [4.69, 9.17) is 9.16 Å². The van der Waals surface area contributed by atoms with Crippen molar-refractivity contribution in [3.63, 3.8) is 0 Å². The Hall–Kier alpha value is -2.20. The highest BCUT2D eigenvalue weighted by Crippen LogP contribution is 2.38. The molecule has 40 heavy (non-hydrogen) atoms. The minimum Gasteiger partial charge on any atom is -0.414 e. The molecule has 0 heterocycles. The second-order valence-corrected chi connectivity index (χ2v) is 17.9. The summed E-state index contributed by atoms with van der Waals surface area (Å²) in [6, 6.07) is 22.2. The first-order valence-electron chi connectivity index (χ1n) is 15.5. The molecule has 2 aromatic rings. The second kappa shape index (κ2) is 15.7. The summed E-state index contributed by atoms with van der Waals surface area (Å²) >= 11 is 0. The molecule has 218 valence electrons. The van der Waals surface area contributed by atoms with Gasteiger partial charge in [-0.15, -0.1) is 0 Å². The summed E-state index contributed by atoms with van der Waals surface area (Å²) in [7, 11) is -1.68. The smallest absolute Gasteiger partial charge is 0.192 e. The molecule has 0 aromatic heterocycles. The summed E-state index contributed by atoms with van der Waals surface area (Å²) in [4.78, 5) is 0. The molecule has 2 nitrogen and oxygen atoms in total. The van der Waals surface area contributed by atoms with E-state index in [2.05, 4.69) is 127 Å². The van der Waals surface area contributed by atoms with Crippen LogP contribution >= 0.6 is 0 Å². The Labute approximate surface area is 246 Å². The maximum absolute atomic E-state index is 6.23. The summed E-state index contributed by atoms with van der Waals surface area (Å²) < 4.78 is 12.1. The molecule has 2 atom stereocenters. The van der Waals surface area contributed by atoms with Crippen LogP contribution in [0, 0.1) is 5.92 Å². The number of ether oxygens (including phenoxy) is 1. The molecule has 0 aliphatic heterocycles. The summed E-state index contributed by atoms with van der Waals surface area (Å²) in [6.07, 6.45) is 13.8. The van der Waals surface area contributed by atoms with Crippen molar-refractivity contribution in [3.05, 3.63) is 101 Å². The lowest BCUT2D eigenvalue weighted by molar-refractivity contribution is 0.0940. The van der Waals surface area contributed by atoms with Gasteiger partial charge in [0, 0.05) is 6.61 Å². The van der Waals surface area contributed by atoms with Crippen LogP contribution in [-0.2, 0) is 9.16 Å². The highest BCUT2D eigenvalue weighted by atomic mass is 28.4. The van der Waals surface area contributed by atoms with Crippen LogP contribution in [-0.4, -0.2) is 28.1 Å².